The number of hydrogen-bond acceptors (Lipinski definition) is 4. The predicted molar refractivity (Wildman–Crippen MR) is 107 cm³/mol. The molecule has 1 saturated carbocycles. The van der Waals surface area contributed by atoms with Crippen LogP contribution < -0.4 is 10.2 Å². The number of para-hydroxylation sites is 1. The number of nitrogens with one attached hydrogen (secondary N) is 1. The molecule has 0 radical (unpaired) electrons. The van der Waals surface area contributed by atoms with E-state index in [1.54, 1.807) is 11.4 Å². The van der Waals surface area contributed by atoms with Gasteiger partial charge in [0, 0.05) is 6.42 Å². The van der Waals surface area contributed by atoms with Crippen LogP contribution in [0.1, 0.15) is 51.9 Å². The highest BCUT2D eigenvalue weighted by Crippen LogP contribution is 2.45. The first-order valence-electron chi connectivity index (χ1n) is 10.3. The molecule has 9 heteroatoms. The Bertz CT molecular complexity index is 888. The van der Waals surface area contributed by atoms with Gasteiger partial charge in [-0.05, 0) is 31.4 Å². The summed E-state index contributed by atoms with van der Waals surface area (Å²) in [5, 5.41) is 11.8. The van der Waals surface area contributed by atoms with Gasteiger partial charge in [0.25, 0.3) is 17.4 Å². The smallest absolute Gasteiger partial charge is 0.425 e. The van der Waals surface area contributed by atoms with Crippen molar-refractivity contribution in [3.05, 3.63) is 41.7 Å². The maximum absolute atomic E-state index is 14.3. The van der Waals surface area contributed by atoms with Gasteiger partial charge < -0.3 is 10.4 Å². The molecule has 2 aliphatic rings. The molecule has 2 N–H and O–H groups in total. The van der Waals surface area contributed by atoms with Gasteiger partial charge in [-0.15, -0.1) is 0 Å². The SMILES string of the molecule is C/C(O)=C1/C(=O)N(c2ccccc2)C(=O)C1(NC(=O)CCC1CCCCC1)C(F)(F)F. The lowest BCUT2D eigenvalue weighted by Crippen LogP contribution is -2.64. The molecule has 1 aliphatic heterocycles. The van der Waals surface area contributed by atoms with Crippen molar-refractivity contribution in [3.63, 3.8) is 0 Å². The van der Waals surface area contributed by atoms with E-state index in [-0.39, 0.29) is 18.0 Å². The molecule has 3 rings (SSSR count). The zero-order chi connectivity index (χ0) is 22.8. The molecule has 1 aromatic carbocycles. The lowest BCUT2D eigenvalue weighted by atomic mass is 9.85. The van der Waals surface area contributed by atoms with Gasteiger partial charge in [0.05, 0.1) is 11.3 Å². The van der Waals surface area contributed by atoms with Crippen LogP contribution in [0.25, 0.3) is 0 Å². The normalized spacial score (nSPS) is 24.5. The van der Waals surface area contributed by atoms with Crippen molar-refractivity contribution in [1.82, 2.24) is 5.32 Å². The molecule has 1 saturated heterocycles. The Balaban J connectivity index is 1.96. The summed E-state index contributed by atoms with van der Waals surface area (Å²) in [6.07, 6.45) is -0.161. The van der Waals surface area contributed by atoms with E-state index in [2.05, 4.69) is 0 Å². The molecule has 6 nitrogen and oxygen atoms in total. The van der Waals surface area contributed by atoms with Crippen molar-refractivity contribution in [2.75, 3.05) is 4.90 Å². The van der Waals surface area contributed by atoms with E-state index in [0.717, 1.165) is 39.0 Å². The number of aliphatic hydroxyl groups is 1. The van der Waals surface area contributed by atoms with E-state index in [1.807, 2.05) is 0 Å². The van der Waals surface area contributed by atoms with Gasteiger partial charge >= 0.3 is 6.18 Å². The molecule has 1 unspecified atom stereocenters. The number of benzene rings is 1. The number of anilines is 1. The number of hydrogen-bond donors (Lipinski definition) is 2. The minimum atomic E-state index is -5.34. The van der Waals surface area contributed by atoms with Gasteiger partial charge in [-0.1, -0.05) is 50.3 Å². The van der Waals surface area contributed by atoms with Crippen LogP contribution in [0.3, 0.4) is 0 Å². The molecule has 168 valence electrons. The van der Waals surface area contributed by atoms with Crippen LogP contribution in [0.4, 0.5) is 18.9 Å². The van der Waals surface area contributed by atoms with Crippen LogP contribution in [0.15, 0.2) is 41.7 Å². The maximum Gasteiger partial charge on any atom is 0.425 e. The average molecular weight is 438 g/mol. The molecule has 1 atom stereocenters. The number of allylic oxidation sites excluding steroid dienone is 1. The zero-order valence-corrected chi connectivity index (χ0v) is 17.2. The molecular formula is C22H25F3N2O4. The van der Waals surface area contributed by atoms with Gasteiger partial charge in [0.1, 0.15) is 5.76 Å². The van der Waals surface area contributed by atoms with Crippen molar-refractivity contribution in [1.29, 1.82) is 0 Å². The summed E-state index contributed by atoms with van der Waals surface area (Å²) >= 11 is 0. The van der Waals surface area contributed by atoms with Crippen LogP contribution in [0.2, 0.25) is 0 Å². The Morgan fingerprint density at radius 2 is 1.77 bits per heavy atom. The van der Waals surface area contributed by atoms with Crippen LogP contribution in [-0.4, -0.2) is 34.5 Å². The number of rotatable bonds is 5. The Hall–Kier alpha value is -2.84. The largest absolute Gasteiger partial charge is 0.512 e. The number of aliphatic hydroxyl groups excluding tert-OH is 1. The fourth-order valence-corrected chi connectivity index (χ4v) is 4.41. The van der Waals surface area contributed by atoms with E-state index in [0.29, 0.717) is 11.3 Å². The number of halogens is 3. The highest BCUT2D eigenvalue weighted by molar-refractivity contribution is 6.34. The highest BCUT2D eigenvalue weighted by Gasteiger charge is 2.72. The molecule has 0 aromatic heterocycles. The molecule has 1 heterocycles. The van der Waals surface area contributed by atoms with Crippen LogP contribution in [-0.2, 0) is 14.4 Å². The van der Waals surface area contributed by atoms with Crippen molar-refractivity contribution in [2.24, 2.45) is 5.92 Å². The fourth-order valence-electron chi connectivity index (χ4n) is 4.41. The first-order chi connectivity index (χ1) is 14.6. The summed E-state index contributed by atoms with van der Waals surface area (Å²) in [5.74, 6) is -4.69. The summed E-state index contributed by atoms with van der Waals surface area (Å²) in [4.78, 5) is 38.8. The van der Waals surface area contributed by atoms with E-state index in [1.165, 1.54) is 24.3 Å². The summed E-state index contributed by atoms with van der Waals surface area (Å²) in [6, 6.07) is 7.10. The lowest BCUT2D eigenvalue weighted by Gasteiger charge is -2.31. The van der Waals surface area contributed by atoms with E-state index in [9.17, 15) is 32.7 Å². The Morgan fingerprint density at radius 1 is 1.16 bits per heavy atom. The van der Waals surface area contributed by atoms with E-state index in [4.69, 9.17) is 0 Å². The topological polar surface area (TPSA) is 86.7 Å². The van der Waals surface area contributed by atoms with Gasteiger partial charge in [0.15, 0.2) is 0 Å². The third kappa shape index (κ3) is 4.18. The van der Waals surface area contributed by atoms with Crippen LogP contribution in [0, 0.1) is 5.92 Å². The van der Waals surface area contributed by atoms with Crippen molar-refractivity contribution >= 4 is 23.4 Å². The molecular weight excluding hydrogens is 413 g/mol. The maximum atomic E-state index is 14.3. The zero-order valence-electron chi connectivity index (χ0n) is 17.2. The summed E-state index contributed by atoms with van der Waals surface area (Å²) in [7, 11) is 0. The van der Waals surface area contributed by atoms with Crippen molar-refractivity contribution in [3.8, 4) is 0 Å². The molecule has 3 amide bonds. The quantitative estimate of drug-likeness (QED) is 0.410. The average Bonchev–Trinajstić information content (AvgIpc) is 2.95. The van der Waals surface area contributed by atoms with Crippen molar-refractivity contribution in [2.45, 2.75) is 63.6 Å². The molecule has 1 aliphatic carbocycles. The highest BCUT2D eigenvalue weighted by atomic mass is 19.4. The lowest BCUT2D eigenvalue weighted by molar-refractivity contribution is -0.189. The van der Waals surface area contributed by atoms with E-state index >= 15 is 0 Å². The molecule has 2 fully saturated rings. The Kier molecular flexibility index (Phi) is 6.43. The third-order valence-corrected chi connectivity index (χ3v) is 5.95. The second-order valence-electron chi connectivity index (χ2n) is 8.08. The first kappa shape index (κ1) is 22.8. The van der Waals surface area contributed by atoms with Crippen molar-refractivity contribution < 1.29 is 32.7 Å². The number of nitrogens with zero attached hydrogens (tertiary/aromatic N) is 1. The number of carbonyl (C=O) groups is 3. The second-order valence-corrected chi connectivity index (χ2v) is 8.08. The predicted octanol–water partition coefficient (Wildman–Crippen LogP) is 4.17. The van der Waals surface area contributed by atoms with E-state index < -0.39 is 40.8 Å². The molecule has 1 aromatic rings. The molecule has 0 spiro atoms. The van der Waals surface area contributed by atoms with Gasteiger partial charge in [-0.3, -0.25) is 14.4 Å². The number of carbonyl (C=O) groups excluding carboxylic acids is 3. The van der Waals surface area contributed by atoms with Crippen LogP contribution in [0.5, 0.6) is 0 Å². The third-order valence-electron chi connectivity index (χ3n) is 5.95. The number of alkyl halides is 3. The number of imide groups is 1. The first-order valence-corrected chi connectivity index (χ1v) is 10.3. The monoisotopic (exact) mass is 438 g/mol. The Labute approximate surface area is 178 Å². The summed E-state index contributed by atoms with van der Waals surface area (Å²) in [5.41, 5.74) is -4.90. The summed E-state index contributed by atoms with van der Waals surface area (Å²) < 4.78 is 43.0. The summed E-state index contributed by atoms with van der Waals surface area (Å²) in [6.45, 7) is 0.893. The second kappa shape index (κ2) is 8.72. The van der Waals surface area contributed by atoms with Crippen LogP contribution >= 0.6 is 0 Å². The van der Waals surface area contributed by atoms with Gasteiger partial charge in [0.2, 0.25) is 5.91 Å². The molecule has 0 bridgehead atoms. The fraction of sp³-hybridized carbons (Fsp3) is 0.500. The molecule has 31 heavy (non-hydrogen) atoms. The number of amides is 3. The standard InChI is InChI=1S/C22H25F3N2O4/c1-14(28)18-19(30)27(16-10-6-3-7-11-16)20(31)21(18,22(23,24)25)26-17(29)13-12-15-8-4-2-5-9-15/h3,6-7,10-11,15,28H,2,4-5,8-9,12-13H2,1H3,(H,26,29)/b18-14+. The minimum absolute atomic E-state index is 0.0844. The van der Waals surface area contributed by atoms with Gasteiger partial charge in [-0.25, -0.2) is 4.90 Å². The van der Waals surface area contributed by atoms with Gasteiger partial charge in [-0.2, -0.15) is 13.2 Å². The Morgan fingerprint density at radius 3 is 2.32 bits per heavy atom. The minimum Gasteiger partial charge on any atom is -0.512 e.